The van der Waals surface area contributed by atoms with Crippen LogP contribution in [0.3, 0.4) is 0 Å². The summed E-state index contributed by atoms with van der Waals surface area (Å²) < 4.78 is 4.71. The molecule has 0 saturated carbocycles. The number of ether oxygens (including phenoxy) is 1. The summed E-state index contributed by atoms with van der Waals surface area (Å²) in [5.41, 5.74) is 1.60. The van der Waals surface area contributed by atoms with Crippen molar-refractivity contribution in [3.63, 3.8) is 0 Å². The Bertz CT molecular complexity index is 574. The minimum Gasteiger partial charge on any atom is -0.466 e. The van der Waals surface area contributed by atoms with Crippen molar-refractivity contribution < 1.29 is 14.3 Å². The van der Waals surface area contributed by atoms with E-state index in [0.29, 0.717) is 5.69 Å². The molecule has 0 saturated heterocycles. The van der Waals surface area contributed by atoms with Crippen LogP contribution in [0.15, 0.2) is 30.5 Å². The third kappa shape index (κ3) is 2.68. The third-order valence-electron chi connectivity index (χ3n) is 2.47. The van der Waals surface area contributed by atoms with E-state index < -0.39 is 5.97 Å². The molecule has 2 rings (SSSR count). The zero-order chi connectivity index (χ0) is 13.0. The van der Waals surface area contributed by atoms with Gasteiger partial charge in [-0.05, 0) is 13.0 Å². The number of carbonyl (C=O) groups is 2. The number of esters is 1. The highest BCUT2D eigenvalue weighted by molar-refractivity contribution is 6.06. The van der Waals surface area contributed by atoms with Crippen molar-refractivity contribution in [1.29, 1.82) is 0 Å². The number of anilines is 1. The molecule has 94 valence electrons. The van der Waals surface area contributed by atoms with Crippen LogP contribution in [0.2, 0.25) is 0 Å². The Morgan fingerprint density at radius 3 is 2.89 bits per heavy atom. The van der Waals surface area contributed by atoms with E-state index in [1.807, 2.05) is 24.3 Å². The fraction of sp³-hybridized carbons (Fsp3) is 0.231. The standard InChI is InChI=1S/C13H14N2O3/c1-2-18-13(17)7-12(16)15-11-8-14-10-6-4-3-5-9(10)11/h3-6,8,14H,2,7H2,1H3,(H,15,16). The predicted octanol–water partition coefficient (Wildman–Crippen LogP) is 2.06. The molecule has 1 heterocycles. The van der Waals surface area contributed by atoms with Crippen molar-refractivity contribution in [2.24, 2.45) is 0 Å². The second-order valence-electron chi connectivity index (χ2n) is 3.78. The van der Waals surface area contributed by atoms with Crippen LogP contribution in [0.4, 0.5) is 5.69 Å². The number of fused-ring (bicyclic) bond motifs is 1. The van der Waals surface area contributed by atoms with Gasteiger partial charge in [0.05, 0.1) is 12.3 Å². The Morgan fingerprint density at radius 2 is 2.11 bits per heavy atom. The van der Waals surface area contributed by atoms with Crippen molar-refractivity contribution in [3.8, 4) is 0 Å². The third-order valence-corrected chi connectivity index (χ3v) is 2.47. The summed E-state index contributed by atoms with van der Waals surface area (Å²) in [6, 6.07) is 7.60. The molecule has 0 aliphatic heterocycles. The highest BCUT2D eigenvalue weighted by Crippen LogP contribution is 2.22. The molecule has 5 nitrogen and oxygen atoms in total. The second kappa shape index (κ2) is 5.35. The van der Waals surface area contributed by atoms with Crippen molar-refractivity contribution in [2.75, 3.05) is 11.9 Å². The highest BCUT2D eigenvalue weighted by Gasteiger charge is 2.12. The van der Waals surface area contributed by atoms with Gasteiger partial charge in [-0.1, -0.05) is 18.2 Å². The molecular formula is C13H14N2O3. The van der Waals surface area contributed by atoms with Gasteiger partial charge in [-0.3, -0.25) is 9.59 Å². The van der Waals surface area contributed by atoms with E-state index in [0.717, 1.165) is 10.9 Å². The van der Waals surface area contributed by atoms with Gasteiger partial charge in [-0.15, -0.1) is 0 Å². The quantitative estimate of drug-likeness (QED) is 0.640. The number of aromatic amines is 1. The summed E-state index contributed by atoms with van der Waals surface area (Å²) in [5, 5.41) is 3.59. The molecule has 1 amide bonds. The smallest absolute Gasteiger partial charge is 0.315 e. The van der Waals surface area contributed by atoms with Gasteiger partial charge >= 0.3 is 5.97 Å². The van der Waals surface area contributed by atoms with E-state index in [2.05, 4.69) is 10.3 Å². The molecule has 0 aliphatic rings. The van der Waals surface area contributed by atoms with Crippen LogP contribution in [0.5, 0.6) is 0 Å². The molecule has 0 spiro atoms. The number of hydrogen-bond acceptors (Lipinski definition) is 3. The maximum atomic E-state index is 11.6. The summed E-state index contributed by atoms with van der Waals surface area (Å²) in [5.74, 6) is -0.895. The molecule has 2 N–H and O–H groups in total. The summed E-state index contributed by atoms with van der Waals surface area (Å²) in [7, 11) is 0. The number of rotatable bonds is 4. The molecule has 5 heteroatoms. The maximum Gasteiger partial charge on any atom is 0.315 e. The molecule has 0 aliphatic carbocycles. The molecule has 1 aromatic heterocycles. The fourth-order valence-corrected chi connectivity index (χ4v) is 1.71. The van der Waals surface area contributed by atoms with Crippen LogP contribution >= 0.6 is 0 Å². The number of nitrogens with one attached hydrogen (secondary N) is 2. The van der Waals surface area contributed by atoms with Crippen LogP contribution in [0.25, 0.3) is 10.9 Å². The van der Waals surface area contributed by atoms with Gasteiger partial charge in [0.1, 0.15) is 6.42 Å². The van der Waals surface area contributed by atoms with Gasteiger partial charge in [-0.25, -0.2) is 0 Å². The highest BCUT2D eigenvalue weighted by atomic mass is 16.5. The van der Waals surface area contributed by atoms with E-state index >= 15 is 0 Å². The van der Waals surface area contributed by atoms with Crippen LogP contribution < -0.4 is 5.32 Å². The number of carbonyl (C=O) groups excluding carboxylic acids is 2. The average molecular weight is 246 g/mol. The first-order valence-corrected chi connectivity index (χ1v) is 5.72. The summed E-state index contributed by atoms with van der Waals surface area (Å²) in [6.45, 7) is 1.98. The van der Waals surface area contributed by atoms with Crippen LogP contribution in [0.1, 0.15) is 13.3 Å². The van der Waals surface area contributed by atoms with Crippen LogP contribution in [0, 0.1) is 0 Å². The molecule has 1 aromatic carbocycles. The zero-order valence-corrected chi connectivity index (χ0v) is 10.0. The molecule has 0 fully saturated rings. The largest absolute Gasteiger partial charge is 0.466 e. The maximum absolute atomic E-state index is 11.6. The molecule has 0 atom stereocenters. The van der Waals surface area contributed by atoms with Crippen molar-refractivity contribution in [2.45, 2.75) is 13.3 Å². The number of para-hydroxylation sites is 1. The Hall–Kier alpha value is -2.30. The van der Waals surface area contributed by atoms with Gasteiger partial charge in [-0.2, -0.15) is 0 Å². The van der Waals surface area contributed by atoms with Crippen LogP contribution in [-0.4, -0.2) is 23.5 Å². The number of aromatic nitrogens is 1. The lowest BCUT2D eigenvalue weighted by molar-refractivity contribution is -0.145. The lowest BCUT2D eigenvalue weighted by Crippen LogP contribution is -2.17. The van der Waals surface area contributed by atoms with E-state index in [1.165, 1.54) is 0 Å². The molecule has 0 unspecified atom stereocenters. The van der Waals surface area contributed by atoms with Gasteiger partial charge in [0.25, 0.3) is 0 Å². The molecular weight excluding hydrogens is 232 g/mol. The number of benzene rings is 1. The molecule has 18 heavy (non-hydrogen) atoms. The summed E-state index contributed by atoms with van der Waals surface area (Å²) >= 11 is 0. The van der Waals surface area contributed by atoms with Gasteiger partial charge in [0.2, 0.25) is 5.91 Å². The minimum absolute atomic E-state index is 0.270. The predicted molar refractivity (Wildman–Crippen MR) is 68.2 cm³/mol. The van der Waals surface area contributed by atoms with Gasteiger partial charge in [0.15, 0.2) is 0 Å². The Labute approximate surface area is 104 Å². The van der Waals surface area contributed by atoms with Crippen LogP contribution in [-0.2, 0) is 14.3 Å². The Balaban J connectivity index is 2.05. The lowest BCUT2D eigenvalue weighted by Gasteiger charge is -2.03. The SMILES string of the molecule is CCOC(=O)CC(=O)Nc1c[nH]c2ccccc12. The van der Waals surface area contributed by atoms with E-state index in [4.69, 9.17) is 4.74 Å². The molecule has 2 aromatic rings. The second-order valence-corrected chi connectivity index (χ2v) is 3.78. The van der Waals surface area contributed by atoms with E-state index in [9.17, 15) is 9.59 Å². The number of H-pyrrole nitrogens is 1. The Kier molecular flexibility index (Phi) is 3.62. The first kappa shape index (κ1) is 12.2. The number of hydrogen-bond donors (Lipinski definition) is 2. The molecule has 0 bridgehead atoms. The first-order chi connectivity index (χ1) is 8.70. The summed E-state index contributed by atoms with van der Waals surface area (Å²) in [6.07, 6.45) is 1.43. The average Bonchev–Trinajstić information content (AvgIpc) is 2.73. The lowest BCUT2D eigenvalue weighted by atomic mass is 10.2. The Morgan fingerprint density at radius 1 is 1.33 bits per heavy atom. The minimum atomic E-state index is -0.519. The van der Waals surface area contributed by atoms with E-state index in [-0.39, 0.29) is 18.9 Å². The molecule has 0 radical (unpaired) electrons. The normalized spacial score (nSPS) is 10.3. The van der Waals surface area contributed by atoms with Crippen molar-refractivity contribution in [1.82, 2.24) is 4.98 Å². The fourth-order valence-electron chi connectivity index (χ4n) is 1.71. The monoisotopic (exact) mass is 246 g/mol. The number of amides is 1. The van der Waals surface area contributed by atoms with Gasteiger partial charge < -0.3 is 15.0 Å². The zero-order valence-electron chi connectivity index (χ0n) is 10.0. The topological polar surface area (TPSA) is 71.2 Å². The van der Waals surface area contributed by atoms with E-state index in [1.54, 1.807) is 13.1 Å². The first-order valence-electron chi connectivity index (χ1n) is 5.72. The van der Waals surface area contributed by atoms with Gasteiger partial charge in [0, 0.05) is 17.1 Å². The van der Waals surface area contributed by atoms with Crippen molar-refractivity contribution >= 4 is 28.5 Å². The van der Waals surface area contributed by atoms with Crippen molar-refractivity contribution in [3.05, 3.63) is 30.5 Å². The summed E-state index contributed by atoms with van der Waals surface area (Å²) in [4.78, 5) is 25.8.